The second-order valence-corrected chi connectivity index (χ2v) is 4.82. The lowest BCUT2D eigenvalue weighted by Crippen LogP contribution is -2.01. The smallest absolute Gasteiger partial charge is 0.0479 e. The van der Waals surface area contributed by atoms with Gasteiger partial charge in [0.15, 0.2) is 0 Å². The van der Waals surface area contributed by atoms with Crippen LogP contribution in [-0.2, 0) is 7.05 Å². The number of alkyl halides is 1. The van der Waals surface area contributed by atoms with Crippen LogP contribution in [0.1, 0.15) is 12.8 Å². The molecule has 2 nitrogen and oxygen atoms in total. The fourth-order valence-electron chi connectivity index (χ4n) is 1.84. The molecule has 0 spiro atoms. The lowest BCUT2D eigenvalue weighted by molar-refractivity contribution is 0.847. The number of hydrogen-bond acceptors (Lipinski definition) is 1. The topological polar surface area (TPSA) is 17.0 Å². The average molecular weight is 281 g/mol. The summed E-state index contributed by atoms with van der Waals surface area (Å²) in [5.74, 6) is 0. The highest BCUT2D eigenvalue weighted by molar-refractivity contribution is 9.09. The molecule has 0 saturated carbocycles. The Morgan fingerprint density at radius 3 is 2.94 bits per heavy atom. The van der Waals surface area contributed by atoms with E-state index < -0.39 is 0 Å². The number of unbranched alkanes of at least 4 members (excludes halogenated alkanes) is 1. The van der Waals surface area contributed by atoms with E-state index in [2.05, 4.69) is 63.3 Å². The summed E-state index contributed by atoms with van der Waals surface area (Å²) in [4.78, 5) is 0. The number of aromatic nitrogens is 1. The summed E-state index contributed by atoms with van der Waals surface area (Å²) >= 11 is 3.44. The zero-order chi connectivity index (χ0) is 11.4. The minimum absolute atomic E-state index is 1.05. The van der Waals surface area contributed by atoms with Gasteiger partial charge in [0.1, 0.15) is 0 Å². The minimum atomic E-state index is 1.05. The monoisotopic (exact) mass is 280 g/mol. The molecule has 2 rings (SSSR count). The number of aryl methyl sites for hydroxylation is 1. The standard InChI is InChI=1S/C13H17BrN2/c1-16-9-6-11-10-12(4-5-13(11)16)15-8-3-2-7-14/h4-6,9-10,15H,2-3,7-8H2,1H3. The van der Waals surface area contributed by atoms with Crippen LogP contribution in [0.3, 0.4) is 0 Å². The second kappa shape index (κ2) is 5.39. The van der Waals surface area contributed by atoms with Gasteiger partial charge in [0, 0.05) is 41.7 Å². The average Bonchev–Trinajstić information content (AvgIpc) is 2.66. The highest BCUT2D eigenvalue weighted by Gasteiger charge is 1.98. The van der Waals surface area contributed by atoms with Crippen LogP contribution in [0.5, 0.6) is 0 Å². The Morgan fingerprint density at radius 1 is 1.25 bits per heavy atom. The van der Waals surface area contributed by atoms with E-state index in [-0.39, 0.29) is 0 Å². The van der Waals surface area contributed by atoms with E-state index in [1.54, 1.807) is 0 Å². The van der Waals surface area contributed by atoms with Gasteiger partial charge in [-0.1, -0.05) is 15.9 Å². The van der Waals surface area contributed by atoms with Gasteiger partial charge in [-0.05, 0) is 37.1 Å². The van der Waals surface area contributed by atoms with Crippen LogP contribution in [0.4, 0.5) is 5.69 Å². The van der Waals surface area contributed by atoms with Crippen molar-refractivity contribution in [3.8, 4) is 0 Å². The molecule has 16 heavy (non-hydrogen) atoms. The van der Waals surface area contributed by atoms with Crippen LogP contribution < -0.4 is 5.32 Å². The molecule has 3 heteroatoms. The molecule has 0 unspecified atom stereocenters. The van der Waals surface area contributed by atoms with Gasteiger partial charge in [-0.15, -0.1) is 0 Å². The maximum absolute atomic E-state index is 3.45. The first-order valence-electron chi connectivity index (χ1n) is 5.66. The van der Waals surface area contributed by atoms with Gasteiger partial charge in [0.2, 0.25) is 0 Å². The normalized spacial score (nSPS) is 10.9. The Morgan fingerprint density at radius 2 is 2.12 bits per heavy atom. The first kappa shape index (κ1) is 11.5. The molecule has 0 atom stereocenters. The maximum atomic E-state index is 3.45. The van der Waals surface area contributed by atoms with Gasteiger partial charge < -0.3 is 9.88 Å². The summed E-state index contributed by atoms with van der Waals surface area (Å²) < 4.78 is 2.14. The van der Waals surface area contributed by atoms with Crippen molar-refractivity contribution < 1.29 is 0 Å². The van der Waals surface area contributed by atoms with Crippen molar-refractivity contribution in [1.29, 1.82) is 0 Å². The first-order chi connectivity index (χ1) is 7.81. The largest absolute Gasteiger partial charge is 0.385 e. The van der Waals surface area contributed by atoms with Gasteiger partial charge in [-0.25, -0.2) is 0 Å². The van der Waals surface area contributed by atoms with Gasteiger partial charge in [0.05, 0.1) is 0 Å². The summed E-state index contributed by atoms with van der Waals surface area (Å²) in [7, 11) is 2.07. The Labute approximate surface area is 105 Å². The summed E-state index contributed by atoms with van der Waals surface area (Å²) in [5, 5.41) is 5.84. The molecule has 2 aromatic rings. The molecule has 0 aliphatic carbocycles. The SMILES string of the molecule is Cn1ccc2cc(NCCCCBr)ccc21. The van der Waals surface area contributed by atoms with Crippen molar-refractivity contribution in [2.45, 2.75) is 12.8 Å². The van der Waals surface area contributed by atoms with Crippen molar-refractivity contribution in [3.05, 3.63) is 30.5 Å². The molecule has 1 heterocycles. The quantitative estimate of drug-likeness (QED) is 0.652. The zero-order valence-corrected chi connectivity index (χ0v) is 11.1. The Hall–Kier alpha value is -0.960. The summed E-state index contributed by atoms with van der Waals surface area (Å²) in [6.45, 7) is 1.05. The van der Waals surface area contributed by atoms with E-state index in [0.717, 1.165) is 11.9 Å². The van der Waals surface area contributed by atoms with E-state index in [0.29, 0.717) is 0 Å². The molecule has 0 saturated heterocycles. The number of nitrogens with zero attached hydrogens (tertiary/aromatic N) is 1. The fourth-order valence-corrected chi connectivity index (χ4v) is 2.24. The van der Waals surface area contributed by atoms with Crippen molar-refractivity contribution in [2.75, 3.05) is 17.2 Å². The minimum Gasteiger partial charge on any atom is -0.385 e. The molecule has 0 radical (unpaired) electrons. The highest BCUT2D eigenvalue weighted by atomic mass is 79.9. The zero-order valence-electron chi connectivity index (χ0n) is 9.54. The van der Waals surface area contributed by atoms with E-state index in [9.17, 15) is 0 Å². The maximum Gasteiger partial charge on any atom is 0.0479 e. The molecule has 0 amide bonds. The molecule has 1 aromatic heterocycles. The van der Waals surface area contributed by atoms with Crippen LogP contribution in [0.15, 0.2) is 30.5 Å². The Balaban J connectivity index is 2.02. The van der Waals surface area contributed by atoms with Crippen LogP contribution in [-0.4, -0.2) is 16.4 Å². The number of benzene rings is 1. The van der Waals surface area contributed by atoms with Gasteiger partial charge in [-0.3, -0.25) is 0 Å². The summed E-state index contributed by atoms with van der Waals surface area (Å²) in [6, 6.07) is 8.68. The van der Waals surface area contributed by atoms with Crippen molar-refractivity contribution >= 4 is 32.5 Å². The first-order valence-corrected chi connectivity index (χ1v) is 6.78. The van der Waals surface area contributed by atoms with Crippen LogP contribution in [0.2, 0.25) is 0 Å². The molecule has 1 N–H and O–H groups in total. The highest BCUT2D eigenvalue weighted by Crippen LogP contribution is 2.19. The van der Waals surface area contributed by atoms with Crippen molar-refractivity contribution in [1.82, 2.24) is 4.57 Å². The molecular weight excluding hydrogens is 264 g/mol. The molecule has 0 bridgehead atoms. The third-order valence-corrected chi connectivity index (χ3v) is 3.34. The van der Waals surface area contributed by atoms with E-state index in [1.807, 2.05) is 0 Å². The third-order valence-electron chi connectivity index (χ3n) is 2.77. The molecule has 86 valence electrons. The second-order valence-electron chi connectivity index (χ2n) is 4.02. The number of nitrogens with one attached hydrogen (secondary N) is 1. The molecule has 0 fully saturated rings. The molecular formula is C13H17BrN2. The predicted molar refractivity (Wildman–Crippen MR) is 74.4 cm³/mol. The van der Waals surface area contributed by atoms with Crippen LogP contribution in [0.25, 0.3) is 10.9 Å². The van der Waals surface area contributed by atoms with E-state index >= 15 is 0 Å². The molecule has 0 aliphatic rings. The number of rotatable bonds is 5. The number of halogens is 1. The van der Waals surface area contributed by atoms with Crippen LogP contribution in [0, 0.1) is 0 Å². The van der Waals surface area contributed by atoms with Gasteiger partial charge in [-0.2, -0.15) is 0 Å². The summed E-state index contributed by atoms with van der Waals surface area (Å²) in [6.07, 6.45) is 4.53. The fraction of sp³-hybridized carbons (Fsp3) is 0.385. The van der Waals surface area contributed by atoms with Gasteiger partial charge in [0.25, 0.3) is 0 Å². The molecule has 1 aromatic carbocycles. The number of fused-ring (bicyclic) bond motifs is 1. The van der Waals surface area contributed by atoms with Crippen molar-refractivity contribution in [3.63, 3.8) is 0 Å². The van der Waals surface area contributed by atoms with Gasteiger partial charge >= 0.3 is 0 Å². The van der Waals surface area contributed by atoms with Crippen LogP contribution >= 0.6 is 15.9 Å². The van der Waals surface area contributed by atoms with E-state index in [4.69, 9.17) is 0 Å². The van der Waals surface area contributed by atoms with Crippen molar-refractivity contribution in [2.24, 2.45) is 7.05 Å². The predicted octanol–water partition coefficient (Wildman–Crippen LogP) is 3.77. The Kier molecular flexibility index (Phi) is 3.88. The number of anilines is 1. The molecule has 0 aliphatic heterocycles. The Bertz CT molecular complexity index is 462. The third kappa shape index (κ3) is 2.59. The lowest BCUT2D eigenvalue weighted by Gasteiger charge is -2.06. The van der Waals surface area contributed by atoms with E-state index in [1.165, 1.54) is 29.4 Å². The lowest BCUT2D eigenvalue weighted by atomic mass is 10.2. The summed E-state index contributed by atoms with van der Waals surface area (Å²) in [5.41, 5.74) is 2.50. The number of hydrogen-bond donors (Lipinski definition) is 1.